The van der Waals surface area contributed by atoms with Crippen LogP contribution in [0.2, 0.25) is 0 Å². The summed E-state index contributed by atoms with van der Waals surface area (Å²) in [6, 6.07) is 2.00. The number of nitrogens with two attached hydrogens (primary N) is 1. The topological polar surface area (TPSA) is 67.1 Å². The highest BCUT2D eigenvalue weighted by Gasteiger charge is 2.08. The summed E-state index contributed by atoms with van der Waals surface area (Å²) in [5.41, 5.74) is 5.62. The third kappa shape index (κ3) is 5.42. The van der Waals surface area contributed by atoms with E-state index in [2.05, 4.69) is 48.0 Å². The smallest absolute Gasteiger partial charge is 0.134 e. The fourth-order valence-electron chi connectivity index (χ4n) is 1.84. The van der Waals surface area contributed by atoms with Gasteiger partial charge in [0, 0.05) is 26.2 Å². The Morgan fingerprint density at radius 2 is 2.00 bits per heavy atom. The Morgan fingerprint density at radius 3 is 2.58 bits per heavy atom. The third-order valence-corrected chi connectivity index (χ3v) is 2.89. The fourth-order valence-corrected chi connectivity index (χ4v) is 1.84. The summed E-state index contributed by atoms with van der Waals surface area (Å²) in [7, 11) is 2.06. The second kappa shape index (κ2) is 7.28. The first-order valence-electron chi connectivity index (χ1n) is 6.93. The molecule has 0 saturated heterocycles. The average molecular weight is 265 g/mol. The van der Waals surface area contributed by atoms with Crippen LogP contribution in [0.4, 0.5) is 11.6 Å². The van der Waals surface area contributed by atoms with Crippen LogP contribution in [0.5, 0.6) is 0 Å². The van der Waals surface area contributed by atoms with E-state index in [1.165, 1.54) is 0 Å². The minimum atomic E-state index is 0.437. The molecule has 0 aliphatic rings. The van der Waals surface area contributed by atoms with Gasteiger partial charge in [-0.2, -0.15) is 0 Å². The van der Waals surface area contributed by atoms with Gasteiger partial charge in [0.15, 0.2) is 0 Å². The SMILES string of the molecule is Cc1nc(NCC(C)CN)cc(N(C)CC(C)C)n1. The van der Waals surface area contributed by atoms with Crippen LogP contribution in [0.1, 0.15) is 26.6 Å². The van der Waals surface area contributed by atoms with Gasteiger partial charge in [-0.3, -0.25) is 0 Å². The van der Waals surface area contributed by atoms with Crippen molar-refractivity contribution >= 4 is 11.6 Å². The van der Waals surface area contributed by atoms with E-state index in [9.17, 15) is 0 Å². The standard InChI is InChI=1S/C14H27N5/c1-10(2)9-19(5)14-6-13(17-12(4)18-14)16-8-11(3)7-15/h6,10-11H,7-9,15H2,1-5H3,(H,16,17,18). The lowest BCUT2D eigenvalue weighted by Gasteiger charge is -2.21. The van der Waals surface area contributed by atoms with Crippen LogP contribution in [-0.2, 0) is 0 Å². The molecule has 3 N–H and O–H groups in total. The first-order valence-corrected chi connectivity index (χ1v) is 6.93. The van der Waals surface area contributed by atoms with E-state index in [1.807, 2.05) is 13.0 Å². The van der Waals surface area contributed by atoms with Crippen LogP contribution in [0.15, 0.2) is 6.07 Å². The van der Waals surface area contributed by atoms with Crippen molar-refractivity contribution in [1.82, 2.24) is 9.97 Å². The van der Waals surface area contributed by atoms with Gasteiger partial charge in [0.25, 0.3) is 0 Å². The van der Waals surface area contributed by atoms with Gasteiger partial charge in [0.1, 0.15) is 17.5 Å². The highest BCUT2D eigenvalue weighted by atomic mass is 15.2. The Labute approximate surface area is 116 Å². The lowest BCUT2D eigenvalue weighted by molar-refractivity contribution is 0.625. The van der Waals surface area contributed by atoms with Gasteiger partial charge in [-0.1, -0.05) is 20.8 Å². The molecular weight excluding hydrogens is 238 g/mol. The Hall–Kier alpha value is -1.36. The van der Waals surface area contributed by atoms with Crippen molar-refractivity contribution < 1.29 is 0 Å². The highest BCUT2D eigenvalue weighted by Crippen LogP contribution is 2.16. The van der Waals surface area contributed by atoms with Gasteiger partial charge >= 0.3 is 0 Å². The number of aryl methyl sites for hydroxylation is 1. The Bertz CT molecular complexity index is 391. The second-order valence-corrected chi connectivity index (χ2v) is 5.65. The molecule has 5 heteroatoms. The van der Waals surface area contributed by atoms with E-state index in [4.69, 9.17) is 5.73 Å². The molecule has 0 amide bonds. The molecule has 0 spiro atoms. The van der Waals surface area contributed by atoms with Gasteiger partial charge in [0.05, 0.1) is 0 Å². The quantitative estimate of drug-likeness (QED) is 0.788. The van der Waals surface area contributed by atoms with Crippen LogP contribution in [0.3, 0.4) is 0 Å². The lowest BCUT2D eigenvalue weighted by Crippen LogP contribution is -2.24. The van der Waals surface area contributed by atoms with E-state index in [1.54, 1.807) is 0 Å². The zero-order chi connectivity index (χ0) is 14.4. The molecule has 0 saturated carbocycles. The molecule has 0 aromatic carbocycles. The molecule has 108 valence electrons. The molecule has 1 unspecified atom stereocenters. The molecule has 1 rings (SSSR count). The molecule has 0 bridgehead atoms. The monoisotopic (exact) mass is 265 g/mol. The van der Waals surface area contributed by atoms with E-state index < -0.39 is 0 Å². The highest BCUT2D eigenvalue weighted by molar-refractivity contribution is 5.49. The van der Waals surface area contributed by atoms with Crippen molar-refractivity contribution in [3.63, 3.8) is 0 Å². The van der Waals surface area contributed by atoms with Gasteiger partial charge < -0.3 is 16.0 Å². The molecule has 1 aromatic rings. The summed E-state index contributed by atoms with van der Waals surface area (Å²) < 4.78 is 0. The van der Waals surface area contributed by atoms with Crippen molar-refractivity contribution in [3.05, 3.63) is 11.9 Å². The number of hydrogen-bond donors (Lipinski definition) is 2. The summed E-state index contributed by atoms with van der Waals surface area (Å²) in [4.78, 5) is 11.1. The van der Waals surface area contributed by atoms with Crippen LogP contribution < -0.4 is 16.0 Å². The summed E-state index contributed by atoms with van der Waals surface area (Å²) in [6.45, 7) is 10.9. The first kappa shape index (κ1) is 15.7. The number of nitrogens with zero attached hydrogens (tertiary/aromatic N) is 3. The molecule has 1 atom stereocenters. The minimum absolute atomic E-state index is 0.437. The summed E-state index contributed by atoms with van der Waals surface area (Å²) >= 11 is 0. The van der Waals surface area contributed by atoms with Gasteiger partial charge in [-0.25, -0.2) is 9.97 Å². The zero-order valence-corrected chi connectivity index (χ0v) is 12.8. The van der Waals surface area contributed by atoms with Crippen molar-refractivity contribution in [1.29, 1.82) is 0 Å². The van der Waals surface area contributed by atoms with Crippen molar-refractivity contribution in [3.8, 4) is 0 Å². The molecule has 0 fully saturated rings. The maximum atomic E-state index is 5.62. The molecule has 1 heterocycles. The van der Waals surface area contributed by atoms with E-state index >= 15 is 0 Å². The zero-order valence-electron chi connectivity index (χ0n) is 12.8. The largest absolute Gasteiger partial charge is 0.370 e. The summed E-state index contributed by atoms with van der Waals surface area (Å²) in [5.74, 6) is 3.67. The molecule has 1 aromatic heterocycles. The van der Waals surface area contributed by atoms with Gasteiger partial charge in [-0.05, 0) is 25.3 Å². The maximum absolute atomic E-state index is 5.62. The lowest BCUT2D eigenvalue weighted by atomic mass is 10.2. The van der Waals surface area contributed by atoms with Crippen LogP contribution in [0.25, 0.3) is 0 Å². The third-order valence-electron chi connectivity index (χ3n) is 2.89. The van der Waals surface area contributed by atoms with Gasteiger partial charge in [0.2, 0.25) is 0 Å². The molecule has 5 nitrogen and oxygen atoms in total. The fraction of sp³-hybridized carbons (Fsp3) is 0.714. The Morgan fingerprint density at radius 1 is 1.32 bits per heavy atom. The predicted molar refractivity (Wildman–Crippen MR) is 81.6 cm³/mol. The van der Waals surface area contributed by atoms with Crippen LogP contribution in [-0.4, -0.2) is 36.6 Å². The van der Waals surface area contributed by atoms with Crippen molar-refractivity contribution in [2.45, 2.75) is 27.7 Å². The predicted octanol–water partition coefficient (Wildman–Crippen LogP) is 1.88. The van der Waals surface area contributed by atoms with Crippen LogP contribution in [0, 0.1) is 18.8 Å². The maximum Gasteiger partial charge on any atom is 0.134 e. The average Bonchev–Trinajstić information content (AvgIpc) is 2.34. The minimum Gasteiger partial charge on any atom is -0.370 e. The summed E-state index contributed by atoms with van der Waals surface area (Å²) in [5, 5.41) is 3.33. The van der Waals surface area contributed by atoms with Crippen LogP contribution >= 0.6 is 0 Å². The number of anilines is 2. The van der Waals surface area contributed by atoms with Crippen molar-refractivity contribution in [2.75, 3.05) is 36.9 Å². The van der Waals surface area contributed by atoms with Gasteiger partial charge in [-0.15, -0.1) is 0 Å². The summed E-state index contributed by atoms with van der Waals surface area (Å²) in [6.07, 6.45) is 0. The van der Waals surface area contributed by atoms with E-state index in [-0.39, 0.29) is 0 Å². The Kier molecular flexibility index (Phi) is 6.02. The number of nitrogens with one attached hydrogen (secondary N) is 1. The molecule has 19 heavy (non-hydrogen) atoms. The normalized spacial score (nSPS) is 12.6. The molecule has 0 aliphatic heterocycles. The van der Waals surface area contributed by atoms with E-state index in [0.717, 1.165) is 30.5 Å². The molecule has 0 radical (unpaired) electrons. The number of aromatic nitrogens is 2. The second-order valence-electron chi connectivity index (χ2n) is 5.65. The van der Waals surface area contributed by atoms with Crippen molar-refractivity contribution in [2.24, 2.45) is 17.6 Å². The van der Waals surface area contributed by atoms with E-state index in [0.29, 0.717) is 18.4 Å². The molecular formula is C14H27N5. The Balaban J connectivity index is 2.76. The first-order chi connectivity index (χ1) is 8.92. The number of rotatable bonds is 7. The number of hydrogen-bond acceptors (Lipinski definition) is 5. The molecule has 0 aliphatic carbocycles.